The lowest BCUT2D eigenvalue weighted by molar-refractivity contribution is -0.159. The highest BCUT2D eigenvalue weighted by molar-refractivity contribution is 6.27. The zero-order valence-electron chi connectivity index (χ0n) is 12.9. The molecule has 0 unspecified atom stereocenters. The van der Waals surface area contributed by atoms with Crippen molar-refractivity contribution in [2.45, 2.75) is 45.8 Å². The van der Waals surface area contributed by atoms with Crippen molar-refractivity contribution >= 4 is 18.0 Å². The maximum Gasteiger partial charge on any atom is 0.414 e. The van der Waals surface area contributed by atoms with E-state index in [1.165, 1.54) is 0 Å². The lowest BCUT2D eigenvalue weighted by Gasteiger charge is -2.27. The summed E-state index contributed by atoms with van der Waals surface area (Å²) >= 11 is 0. The number of carboxylic acid groups (broad SMARTS) is 2. The Labute approximate surface area is 124 Å². The number of carboxylic acids is 2. The second-order valence-corrected chi connectivity index (χ2v) is 5.75. The maximum atomic E-state index is 11.8. The number of hydrogen-bond acceptors (Lipinski definition) is 5. The van der Waals surface area contributed by atoms with E-state index in [4.69, 9.17) is 24.5 Å². The molecule has 3 N–H and O–H groups in total. The molecule has 0 radical (unpaired) electrons. The topological polar surface area (TPSA) is 116 Å². The molecule has 1 amide bonds. The molecule has 8 nitrogen and oxygen atoms in total. The van der Waals surface area contributed by atoms with Crippen LogP contribution in [0.1, 0.15) is 34.1 Å². The third-order valence-electron chi connectivity index (χ3n) is 2.43. The van der Waals surface area contributed by atoms with E-state index in [0.717, 1.165) is 26.1 Å². The monoisotopic (exact) mass is 304 g/mol. The van der Waals surface area contributed by atoms with Crippen molar-refractivity contribution < 1.29 is 29.3 Å². The van der Waals surface area contributed by atoms with Crippen LogP contribution >= 0.6 is 0 Å². The molecular formula is C13H24N2O6. The average molecular weight is 304 g/mol. The van der Waals surface area contributed by atoms with Crippen LogP contribution in [0.15, 0.2) is 0 Å². The molecule has 1 saturated heterocycles. The van der Waals surface area contributed by atoms with Crippen LogP contribution in [0.3, 0.4) is 0 Å². The van der Waals surface area contributed by atoms with E-state index in [2.05, 4.69) is 12.2 Å². The first-order valence-corrected chi connectivity index (χ1v) is 6.70. The minimum atomic E-state index is -1.82. The molecule has 0 saturated carbocycles. The fourth-order valence-electron chi connectivity index (χ4n) is 1.60. The number of rotatable bonds is 0. The van der Waals surface area contributed by atoms with Gasteiger partial charge in [-0.2, -0.15) is 0 Å². The van der Waals surface area contributed by atoms with Gasteiger partial charge >= 0.3 is 18.0 Å². The van der Waals surface area contributed by atoms with Gasteiger partial charge in [0.25, 0.3) is 0 Å². The normalized spacial score (nSPS) is 18.9. The summed E-state index contributed by atoms with van der Waals surface area (Å²) in [6.07, 6.45) is 0.793. The average Bonchev–Trinajstić information content (AvgIpc) is 2.52. The van der Waals surface area contributed by atoms with E-state index in [0.29, 0.717) is 6.04 Å². The van der Waals surface area contributed by atoms with Gasteiger partial charge in [0.15, 0.2) is 0 Å². The minimum Gasteiger partial charge on any atom is -0.473 e. The highest BCUT2D eigenvalue weighted by Crippen LogP contribution is 2.11. The van der Waals surface area contributed by atoms with Crippen LogP contribution in [-0.4, -0.2) is 64.4 Å². The highest BCUT2D eigenvalue weighted by atomic mass is 16.6. The molecule has 0 aliphatic carbocycles. The van der Waals surface area contributed by atoms with Crippen molar-refractivity contribution in [3.63, 3.8) is 0 Å². The lowest BCUT2D eigenvalue weighted by Crippen LogP contribution is -2.41. The number of carbonyl (C=O) groups excluding carboxylic acids is 1. The molecule has 1 atom stereocenters. The standard InChI is InChI=1S/C11H22N2O2.C2H2O4/c1-9-8-13(7-5-6-12-9)10(14)15-11(2,3)4;3-1(4)2(5)6/h9,12H,5-8H2,1-4H3;(H,3,4)(H,5,6)/t9-;/m1./s1. The number of carbonyl (C=O) groups is 3. The van der Waals surface area contributed by atoms with Crippen molar-refractivity contribution in [3.05, 3.63) is 0 Å². The highest BCUT2D eigenvalue weighted by Gasteiger charge is 2.24. The zero-order chi connectivity index (χ0) is 16.6. The summed E-state index contributed by atoms with van der Waals surface area (Å²) in [7, 11) is 0. The quantitative estimate of drug-likeness (QED) is 0.566. The third kappa shape index (κ3) is 9.67. The summed E-state index contributed by atoms with van der Waals surface area (Å²) in [6, 6.07) is 0.347. The van der Waals surface area contributed by atoms with Crippen molar-refractivity contribution in [2.24, 2.45) is 0 Å². The number of nitrogens with zero attached hydrogens (tertiary/aromatic N) is 1. The third-order valence-corrected chi connectivity index (χ3v) is 2.43. The minimum absolute atomic E-state index is 0.196. The first-order chi connectivity index (χ1) is 9.53. The Morgan fingerprint density at radius 3 is 2.14 bits per heavy atom. The summed E-state index contributed by atoms with van der Waals surface area (Å²) < 4.78 is 5.34. The molecule has 21 heavy (non-hydrogen) atoms. The molecule has 0 spiro atoms. The molecule has 1 fully saturated rings. The molecule has 1 heterocycles. The van der Waals surface area contributed by atoms with Crippen molar-refractivity contribution in [1.29, 1.82) is 0 Å². The van der Waals surface area contributed by atoms with E-state index in [1.807, 2.05) is 20.8 Å². The fraction of sp³-hybridized carbons (Fsp3) is 0.769. The first kappa shape index (κ1) is 19.2. The van der Waals surface area contributed by atoms with Gasteiger partial charge < -0.3 is 25.2 Å². The van der Waals surface area contributed by atoms with Gasteiger partial charge in [0, 0.05) is 19.1 Å². The number of hydrogen-bond donors (Lipinski definition) is 3. The van der Waals surface area contributed by atoms with Gasteiger partial charge in [-0.3, -0.25) is 0 Å². The Balaban J connectivity index is 0.000000567. The van der Waals surface area contributed by atoms with Crippen LogP contribution in [-0.2, 0) is 14.3 Å². The second kappa shape index (κ2) is 8.46. The molecule has 1 rings (SSSR count). The van der Waals surface area contributed by atoms with Crippen LogP contribution < -0.4 is 5.32 Å². The van der Waals surface area contributed by atoms with Crippen LogP contribution in [0, 0.1) is 0 Å². The van der Waals surface area contributed by atoms with Crippen LogP contribution in [0.2, 0.25) is 0 Å². The van der Waals surface area contributed by atoms with E-state index in [9.17, 15) is 4.79 Å². The predicted octanol–water partition coefficient (Wildman–Crippen LogP) is 0.761. The summed E-state index contributed by atoms with van der Waals surface area (Å²) in [5.41, 5.74) is -0.403. The van der Waals surface area contributed by atoms with Gasteiger partial charge in [0.1, 0.15) is 5.60 Å². The Morgan fingerprint density at radius 1 is 1.19 bits per heavy atom. The number of ether oxygens (including phenoxy) is 1. The van der Waals surface area contributed by atoms with E-state index in [1.54, 1.807) is 4.90 Å². The summed E-state index contributed by atoms with van der Waals surface area (Å²) in [5.74, 6) is -3.65. The molecule has 1 aliphatic heterocycles. The Bertz CT molecular complexity index is 365. The number of amides is 1. The van der Waals surface area contributed by atoms with Crippen LogP contribution in [0.25, 0.3) is 0 Å². The van der Waals surface area contributed by atoms with Gasteiger partial charge in [-0.05, 0) is 40.7 Å². The van der Waals surface area contributed by atoms with Crippen molar-refractivity contribution in [3.8, 4) is 0 Å². The SMILES string of the molecule is C[C@@H]1CN(C(=O)OC(C)(C)C)CCCN1.O=C(O)C(=O)O. The first-order valence-electron chi connectivity index (χ1n) is 6.70. The van der Waals surface area contributed by atoms with E-state index < -0.39 is 17.5 Å². The molecule has 0 aromatic heterocycles. The Hall–Kier alpha value is -1.83. The van der Waals surface area contributed by atoms with E-state index >= 15 is 0 Å². The zero-order valence-corrected chi connectivity index (χ0v) is 12.9. The summed E-state index contributed by atoms with van der Waals surface area (Å²) in [6.45, 7) is 10.3. The molecule has 0 bridgehead atoms. The van der Waals surface area contributed by atoms with Gasteiger partial charge in [0.2, 0.25) is 0 Å². The van der Waals surface area contributed by atoms with Crippen molar-refractivity contribution in [1.82, 2.24) is 10.2 Å². The van der Waals surface area contributed by atoms with Crippen LogP contribution in [0.4, 0.5) is 4.79 Å². The van der Waals surface area contributed by atoms with Gasteiger partial charge in [-0.15, -0.1) is 0 Å². The largest absolute Gasteiger partial charge is 0.473 e. The van der Waals surface area contributed by atoms with Gasteiger partial charge in [-0.1, -0.05) is 0 Å². The predicted molar refractivity (Wildman–Crippen MR) is 75.2 cm³/mol. The smallest absolute Gasteiger partial charge is 0.414 e. The molecule has 122 valence electrons. The van der Waals surface area contributed by atoms with Crippen LogP contribution in [0.5, 0.6) is 0 Å². The number of nitrogens with one attached hydrogen (secondary N) is 1. The molecular weight excluding hydrogens is 280 g/mol. The van der Waals surface area contributed by atoms with Gasteiger partial charge in [-0.25, -0.2) is 14.4 Å². The molecule has 0 aromatic carbocycles. The molecule has 1 aliphatic rings. The Kier molecular flexibility index (Phi) is 7.72. The second-order valence-electron chi connectivity index (χ2n) is 5.75. The molecule has 0 aromatic rings. The Morgan fingerprint density at radius 2 is 1.71 bits per heavy atom. The van der Waals surface area contributed by atoms with Gasteiger partial charge in [0.05, 0.1) is 0 Å². The summed E-state index contributed by atoms with van der Waals surface area (Å²) in [5, 5.41) is 18.1. The van der Waals surface area contributed by atoms with Crippen molar-refractivity contribution in [2.75, 3.05) is 19.6 Å². The molecule has 8 heteroatoms. The fourth-order valence-corrected chi connectivity index (χ4v) is 1.60. The van der Waals surface area contributed by atoms with E-state index in [-0.39, 0.29) is 6.09 Å². The number of aliphatic carboxylic acids is 2. The lowest BCUT2D eigenvalue weighted by atomic mass is 10.2. The maximum absolute atomic E-state index is 11.8. The summed E-state index contributed by atoms with van der Waals surface area (Å²) in [4.78, 5) is 31.8.